The van der Waals surface area contributed by atoms with Gasteiger partial charge < -0.3 is 15.4 Å². The number of ether oxygens (including phenoxy) is 1. The largest absolute Gasteiger partial charge is 0.449 e. The topological polar surface area (TPSA) is 96.5 Å². The fraction of sp³-hybridized carbons (Fsp3) is 0.348. The number of rotatable bonds is 8. The monoisotopic (exact) mass is 429 g/mol. The van der Waals surface area contributed by atoms with E-state index in [1.165, 1.54) is 18.2 Å². The molecule has 7 nitrogen and oxygen atoms in total. The minimum Gasteiger partial charge on any atom is -0.449 e. The first-order valence-corrected chi connectivity index (χ1v) is 10.1. The number of nitrogens with one attached hydrogen (secondary N) is 3. The molecule has 0 radical (unpaired) electrons. The van der Waals surface area contributed by atoms with E-state index in [-0.39, 0.29) is 17.4 Å². The van der Waals surface area contributed by atoms with Crippen molar-refractivity contribution in [2.24, 2.45) is 11.8 Å². The Morgan fingerprint density at radius 2 is 1.58 bits per heavy atom. The maximum absolute atomic E-state index is 13.9. The van der Waals surface area contributed by atoms with Crippen molar-refractivity contribution in [2.45, 2.75) is 33.7 Å². The first-order chi connectivity index (χ1) is 14.7. The number of carbonyl (C=O) groups is 3. The lowest BCUT2D eigenvalue weighted by molar-refractivity contribution is -0.118. The van der Waals surface area contributed by atoms with Gasteiger partial charge in [-0.05, 0) is 42.2 Å². The summed E-state index contributed by atoms with van der Waals surface area (Å²) in [4.78, 5) is 37.0. The summed E-state index contributed by atoms with van der Waals surface area (Å²) in [6.07, 6.45) is -0.589. The number of hydrogen-bond donors (Lipinski definition) is 3. The summed E-state index contributed by atoms with van der Waals surface area (Å²) in [6.45, 7) is 7.70. The van der Waals surface area contributed by atoms with Crippen molar-refractivity contribution in [3.63, 3.8) is 0 Å². The molecule has 31 heavy (non-hydrogen) atoms. The third-order valence-corrected chi connectivity index (χ3v) is 4.28. The molecule has 0 saturated carbocycles. The summed E-state index contributed by atoms with van der Waals surface area (Å²) in [5.41, 5.74) is 0.743. The van der Waals surface area contributed by atoms with E-state index in [0.717, 1.165) is 0 Å². The van der Waals surface area contributed by atoms with Crippen LogP contribution in [0.5, 0.6) is 0 Å². The molecule has 0 aliphatic rings. The maximum Gasteiger partial charge on any atom is 0.411 e. The highest BCUT2D eigenvalue weighted by atomic mass is 19.1. The van der Waals surface area contributed by atoms with E-state index in [1.54, 1.807) is 44.2 Å². The quantitative estimate of drug-likeness (QED) is 0.579. The molecule has 0 heterocycles. The second-order valence-electron chi connectivity index (χ2n) is 7.86. The molecule has 3 N–H and O–H groups in total. The van der Waals surface area contributed by atoms with Crippen LogP contribution >= 0.6 is 0 Å². The summed E-state index contributed by atoms with van der Waals surface area (Å²) >= 11 is 0. The first-order valence-electron chi connectivity index (χ1n) is 10.1. The van der Waals surface area contributed by atoms with Crippen molar-refractivity contribution in [3.8, 4) is 0 Å². The Morgan fingerprint density at radius 3 is 2.19 bits per heavy atom. The van der Waals surface area contributed by atoms with Crippen molar-refractivity contribution in [1.82, 2.24) is 5.32 Å². The molecule has 8 heteroatoms. The highest BCUT2D eigenvalue weighted by Gasteiger charge is 2.26. The standard InChI is InChI=1S/C23H28FN3O4/c1-14(2)13-31-23(30)26-17-9-7-8-16(12-17)25-22(29)20(15(3)4)27-21(28)18-10-5-6-11-19(18)24/h5-12,14-15,20H,13H2,1-4H3,(H,25,29)(H,26,30)(H,27,28). The molecule has 2 rings (SSSR count). The van der Waals surface area contributed by atoms with Crippen LogP contribution < -0.4 is 16.0 Å². The first kappa shape index (κ1) is 23.9. The van der Waals surface area contributed by atoms with Crippen LogP contribution in [-0.2, 0) is 9.53 Å². The number of amides is 3. The zero-order valence-electron chi connectivity index (χ0n) is 18.1. The van der Waals surface area contributed by atoms with Gasteiger partial charge in [-0.15, -0.1) is 0 Å². The van der Waals surface area contributed by atoms with Crippen LogP contribution in [0.2, 0.25) is 0 Å². The van der Waals surface area contributed by atoms with E-state index < -0.39 is 29.8 Å². The average molecular weight is 429 g/mol. The molecule has 1 unspecified atom stereocenters. The molecule has 3 amide bonds. The smallest absolute Gasteiger partial charge is 0.411 e. The zero-order chi connectivity index (χ0) is 23.0. The lowest BCUT2D eigenvalue weighted by Crippen LogP contribution is -2.47. The van der Waals surface area contributed by atoms with E-state index in [9.17, 15) is 18.8 Å². The molecule has 0 aromatic heterocycles. The van der Waals surface area contributed by atoms with Crippen molar-refractivity contribution in [2.75, 3.05) is 17.2 Å². The van der Waals surface area contributed by atoms with Crippen LogP contribution in [0.1, 0.15) is 38.1 Å². The lowest BCUT2D eigenvalue weighted by Gasteiger charge is -2.22. The third kappa shape index (κ3) is 7.40. The van der Waals surface area contributed by atoms with Gasteiger partial charge in [0.2, 0.25) is 5.91 Å². The van der Waals surface area contributed by atoms with Gasteiger partial charge in [-0.1, -0.05) is 45.9 Å². The van der Waals surface area contributed by atoms with Gasteiger partial charge in [-0.3, -0.25) is 14.9 Å². The Labute approximate surface area is 181 Å². The molecule has 0 saturated heterocycles. The molecule has 0 fully saturated rings. The fourth-order valence-corrected chi connectivity index (χ4v) is 2.69. The SMILES string of the molecule is CC(C)COC(=O)Nc1cccc(NC(=O)C(NC(=O)c2ccccc2F)C(C)C)c1. The minimum absolute atomic E-state index is 0.132. The molecule has 2 aromatic rings. The second-order valence-corrected chi connectivity index (χ2v) is 7.86. The van der Waals surface area contributed by atoms with Crippen molar-refractivity contribution in [3.05, 3.63) is 59.9 Å². The Hall–Kier alpha value is -3.42. The van der Waals surface area contributed by atoms with E-state index >= 15 is 0 Å². The van der Waals surface area contributed by atoms with E-state index in [2.05, 4.69) is 16.0 Å². The van der Waals surface area contributed by atoms with E-state index in [4.69, 9.17) is 4.74 Å². The fourth-order valence-electron chi connectivity index (χ4n) is 2.69. The van der Waals surface area contributed by atoms with Gasteiger partial charge in [-0.25, -0.2) is 9.18 Å². The van der Waals surface area contributed by atoms with Gasteiger partial charge in [0, 0.05) is 11.4 Å². The summed E-state index contributed by atoms with van der Waals surface area (Å²) in [6, 6.07) is 11.2. The average Bonchev–Trinajstić information content (AvgIpc) is 2.70. The number of anilines is 2. The van der Waals surface area contributed by atoms with Crippen LogP contribution in [0.3, 0.4) is 0 Å². The highest BCUT2D eigenvalue weighted by molar-refractivity contribution is 6.01. The van der Waals surface area contributed by atoms with E-state index in [0.29, 0.717) is 18.0 Å². The van der Waals surface area contributed by atoms with E-state index in [1.807, 2.05) is 13.8 Å². The van der Waals surface area contributed by atoms with Crippen LogP contribution in [-0.4, -0.2) is 30.6 Å². The Kier molecular flexibility index (Phi) is 8.54. The van der Waals surface area contributed by atoms with Crippen molar-refractivity contribution >= 4 is 29.3 Å². The molecule has 2 aromatic carbocycles. The Bertz CT molecular complexity index is 931. The van der Waals surface area contributed by atoms with Gasteiger partial charge >= 0.3 is 6.09 Å². The normalized spacial score (nSPS) is 11.7. The summed E-state index contributed by atoms with van der Waals surface area (Å²) in [5, 5.41) is 7.91. The molecule has 0 aliphatic carbocycles. The van der Waals surface area contributed by atoms with Crippen LogP contribution in [0, 0.1) is 17.7 Å². The predicted octanol–water partition coefficient (Wildman–Crippen LogP) is 4.42. The Morgan fingerprint density at radius 1 is 0.935 bits per heavy atom. The van der Waals surface area contributed by atoms with Gasteiger partial charge in [0.05, 0.1) is 12.2 Å². The van der Waals surface area contributed by atoms with Gasteiger partial charge in [-0.2, -0.15) is 0 Å². The highest BCUT2D eigenvalue weighted by Crippen LogP contribution is 2.17. The summed E-state index contributed by atoms with van der Waals surface area (Å²) in [5.74, 6) is -1.83. The van der Waals surface area contributed by atoms with Crippen LogP contribution in [0.15, 0.2) is 48.5 Å². The molecule has 1 atom stereocenters. The zero-order valence-corrected chi connectivity index (χ0v) is 18.1. The predicted molar refractivity (Wildman–Crippen MR) is 117 cm³/mol. The minimum atomic E-state index is -0.889. The molecular formula is C23H28FN3O4. The van der Waals surface area contributed by atoms with Gasteiger partial charge in [0.25, 0.3) is 5.91 Å². The van der Waals surface area contributed by atoms with Crippen LogP contribution in [0.25, 0.3) is 0 Å². The van der Waals surface area contributed by atoms with Crippen molar-refractivity contribution < 1.29 is 23.5 Å². The number of benzene rings is 2. The van der Waals surface area contributed by atoms with Crippen LogP contribution in [0.4, 0.5) is 20.6 Å². The molecule has 0 aliphatic heterocycles. The molecular weight excluding hydrogens is 401 g/mol. The van der Waals surface area contributed by atoms with Gasteiger partial charge in [0.15, 0.2) is 0 Å². The lowest BCUT2D eigenvalue weighted by atomic mass is 10.0. The molecule has 0 spiro atoms. The summed E-state index contributed by atoms with van der Waals surface area (Å²) < 4.78 is 19.0. The number of carbonyl (C=O) groups excluding carboxylic acids is 3. The van der Waals surface area contributed by atoms with Gasteiger partial charge in [0.1, 0.15) is 11.9 Å². The molecule has 166 valence electrons. The third-order valence-electron chi connectivity index (χ3n) is 4.28. The molecule has 0 bridgehead atoms. The number of hydrogen-bond acceptors (Lipinski definition) is 4. The second kappa shape index (κ2) is 11.1. The van der Waals surface area contributed by atoms with Crippen molar-refractivity contribution in [1.29, 1.82) is 0 Å². The Balaban J connectivity index is 2.05. The maximum atomic E-state index is 13.9. The summed E-state index contributed by atoms with van der Waals surface area (Å²) in [7, 11) is 0. The number of halogens is 1.